The Kier molecular flexibility index (Phi) is 5.76. The standard InChI is InChI=1S/C12H18BrClN2/c1-3-8(2)6-12(16-15)10-7-9(13)4-5-11(10)14/h4-5,7-8,12,16H,3,6,15H2,1-2H3. The van der Waals surface area contributed by atoms with E-state index in [0.717, 1.165) is 27.9 Å². The first kappa shape index (κ1) is 14.0. The predicted molar refractivity (Wildman–Crippen MR) is 73.3 cm³/mol. The van der Waals surface area contributed by atoms with Crippen LogP contribution in [0.1, 0.15) is 38.3 Å². The molecule has 0 aliphatic heterocycles. The molecular formula is C12H18BrClN2. The van der Waals surface area contributed by atoms with E-state index in [1.807, 2.05) is 18.2 Å². The highest BCUT2D eigenvalue weighted by molar-refractivity contribution is 9.10. The Morgan fingerprint density at radius 1 is 1.50 bits per heavy atom. The second-order valence-corrected chi connectivity index (χ2v) is 5.46. The van der Waals surface area contributed by atoms with Crippen LogP contribution >= 0.6 is 27.5 Å². The first-order valence-corrected chi connectivity index (χ1v) is 6.66. The summed E-state index contributed by atoms with van der Waals surface area (Å²) in [5, 5.41) is 0.759. The van der Waals surface area contributed by atoms with Crippen molar-refractivity contribution in [3.05, 3.63) is 33.3 Å². The summed E-state index contributed by atoms with van der Waals surface area (Å²) in [5.41, 5.74) is 3.90. The van der Waals surface area contributed by atoms with E-state index in [2.05, 4.69) is 35.2 Å². The van der Waals surface area contributed by atoms with Crippen molar-refractivity contribution in [3.8, 4) is 0 Å². The number of benzene rings is 1. The van der Waals surface area contributed by atoms with E-state index in [9.17, 15) is 0 Å². The lowest BCUT2D eigenvalue weighted by Gasteiger charge is -2.21. The molecule has 0 spiro atoms. The van der Waals surface area contributed by atoms with Gasteiger partial charge < -0.3 is 0 Å². The quantitative estimate of drug-likeness (QED) is 0.636. The molecule has 3 N–H and O–H groups in total. The summed E-state index contributed by atoms with van der Waals surface area (Å²) in [7, 11) is 0. The molecule has 0 fully saturated rings. The van der Waals surface area contributed by atoms with Crippen molar-refractivity contribution in [1.29, 1.82) is 0 Å². The molecule has 2 unspecified atom stereocenters. The number of rotatable bonds is 5. The molecule has 90 valence electrons. The third kappa shape index (κ3) is 3.74. The molecule has 0 heterocycles. The molecule has 0 radical (unpaired) electrons. The van der Waals surface area contributed by atoms with E-state index in [-0.39, 0.29) is 6.04 Å². The average molecular weight is 306 g/mol. The Morgan fingerprint density at radius 3 is 2.75 bits per heavy atom. The van der Waals surface area contributed by atoms with Crippen LogP contribution in [-0.4, -0.2) is 0 Å². The van der Waals surface area contributed by atoms with Gasteiger partial charge in [-0.05, 0) is 36.1 Å². The Hall–Kier alpha value is -0.0900. The molecule has 0 saturated carbocycles. The molecule has 16 heavy (non-hydrogen) atoms. The smallest absolute Gasteiger partial charge is 0.0477 e. The van der Waals surface area contributed by atoms with Crippen molar-refractivity contribution < 1.29 is 0 Å². The lowest BCUT2D eigenvalue weighted by Crippen LogP contribution is -2.29. The van der Waals surface area contributed by atoms with Gasteiger partial charge in [-0.1, -0.05) is 47.8 Å². The Bertz CT molecular complexity index is 344. The van der Waals surface area contributed by atoms with Crippen LogP contribution in [0, 0.1) is 5.92 Å². The van der Waals surface area contributed by atoms with Crippen LogP contribution in [0.3, 0.4) is 0 Å². The number of hydrogen-bond donors (Lipinski definition) is 2. The third-order valence-corrected chi connectivity index (χ3v) is 3.71. The number of hydrazine groups is 1. The van der Waals surface area contributed by atoms with Gasteiger partial charge in [0.15, 0.2) is 0 Å². The van der Waals surface area contributed by atoms with Crippen molar-refractivity contribution >= 4 is 27.5 Å². The molecule has 2 atom stereocenters. The van der Waals surface area contributed by atoms with E-state index < -0.39 is 0 Å². The topological polar surface area (TPSA) is 38.0 Å². The van der Waals surface area contributed by atoms with Gasteiger partial charge in [0.1, 0.15) is 0 Å². The van der Waals surface area contributed by atoms with Crippen LogP contribution < -0.4 is 11.3 Å². The van der Waals surface area contributed by atoms with Gasteiger partial charge in [-0.2, -0.15) is 0 Å². The largest absolute Gasteiger partial charge is 0.271 e. The lowest BCUT2D eigenvalue weighted by atomic mass is 9.95. The normalized spacial score (nSPS) is 14.8. The van der Waals surface area contributed by atoms with Gasteiger partial charge in [0.05, 0.1) is 0 Å². The first-order chi connectivity index (χ1) is 7.58. The van der Waals surface area contributed by atoms with Crippen LogP contribution in [0.4, 0.5) is 0 Å². The van der Waals surface area contributed by atoms with Gasteiger partial charge in [-0.25, -0.2) is 0 Å². The molecular weight excluding hydrogens is 288 g/mol. The van der Waals surface area contributed by atoms with Crippen molar-refractivity contribution in [2.75, 3.05) is 0 Å². The van der Waals surface area contributed by atoms with Gasteiger partial charge >= 0.3 is 0 Å². The minimum absolute atomic E-state index is 0.111. The van der Waals surface area contributed by atoms with E-state index in [4.69, 9.17) is 17.4 Å². The van der Waals surface area contributed by atoms with Crippen molar-refractivity contribution in [2.45, 2.75) is 32.7 Å². The fourth-order valence-corrected chi connectivity index (χ4v) is 2.26. The molecule has 0 aliphatic carbocycles. The second-order valence-electron chi connectivity index (χ2n) is 4.13. The summed E-state index contributed by atoms with van der Waals surface area (Å²) in [6, 6.07) is 5.96. The maximum Gasteiger partial charge on any atom is 0.0477 e. The molecule has 1 aromatic rings. The van der Waals surface area contributed by atoms with Crippen LogP contribution in [-0.2, 0) is 0 Å². The summed E-state index contributed by atoms with van der Waals surface area (Å²) < 4.78 is 1.02. The molecule has 0 aromatic heterocycles. The summed E-state index contributed by atoms with van der Waals surface area (Å²) in [4.78, 5) is 0. The highest BCUT2D eigenvalue weighted by Gasteiger charge is 2.16. The summed E-state index contributed by atoms with van der Waals surface area (Å²) in [6.07, 6.45) is 2.13. The van der Waals surface area contributed by atoms with Gasteiger partial charge in [0.25, 0.3) is 0 Å². The van der Waals surface area contributed by atoms with Crippen LogP contribution in [0.2, 0.25) is 5.02 Å². The number of nitrogens with one attached hydrogen (secondary N) is 1. The maximum absolute atomic E-state index is 6.18. The van der Waals surface area contributed by atoms with E-state index >= 15 is 0 Å². The highest BCUT2D eigenvalue weighted by atomic mass is 79.9. The fraction of sp³-hybridized carbons (Fsp3) is 0.500. The van der Waals surface area contributed by atoms with Gasteiger partial charge in [0, 0.05) is 15.5 Å². The molecule has 0 saturated heterocycles. The van der Waals surface area contributed by atoms with Crippen molar-refractivity contribution in [2.24, 2.45) is 11.8 Å². The SMILES string of the molecule is CCC(C)CC(NN)c1cc(Br)ccc1Cl. The maximum atomic E-state index is 6.18. The average Bonchev–Trinajstić information content (AvgIpc) is 2.29. The third-order valence-electron chi connectivity index (χ3n) is 2.87. The van der Waals surface area contributed by atoms with Crippen LogP contribution in [0.25, 0.3) is 0 Å². The number of nitrogens with two attached hydrogens (primary N) is 1. The molecule has 0 bridgehead atoms. The first-order valence-electron chi connectivity index (χ1n) is 5.49. The molecule has 2 nitrogen and oxygen atoms in total. The van der Waals surface area contributed by atoms with Crippen molar-refractivity contribution in [3.63, 3.8) is 0 Å². The summed E-state index contributed by atoms with van der Waals surface area (Å²) >= 11 is 9.63. The summed E-state index contributed by atoms with van der Waals surface area (Å²) in [5.74, 6) is 6.22. The Balaban J connectivity index is 2.89. The van der Waals surface area contributed by atoms with E-state index in [0.29, 0.717) is 5.92 Å². The number of hydrogen-bond acceptors (Lipinski definition) is 2. The van der Waals surface area contributed by atoms with Crippen LogP contribution in [0.15, 0.2) is 22.7 Å². The fourth-order valence-electron chi connectivity index (χ4n) is 1.64. The van der Waals surface area contributed by atoms with Crippen LogP contribution in [0.5, 0.6) is 0 Å². The Labute approximate surface area is 111 Å². The van der Waals surface area contributed by atoms with E-state index in [1.54, 1.807) is 0 Å². The van der Waals surface area contributed by atoms with Gasteiger partial charge in [-0.3, -0.25) is 11.3 Å². The molecule has 0 amide bonds. The van der Waals surface area contributed by atoms with E-state index in [1.165, 1.54) is 0 Å². The highest BCUT2D eigenvalue weighted by Crippen LogP contribution is 2.30. The zero-order valence-electron chi connectivity index (χ0n) is 9.63. The minimum Gasteiger partial charge on any atom is -0.271 e. The second kappa shape index (κ2) is 6.60. The minimum atomic E-state index is 0.111. The Morgan fingerprint density at radius 2 is 2.19 bits per heavy atom. The van der Waals surface area contributed by atoms with Gasteiger partial charge in [-0.15, -0.1) is 0 Å². The zero-order chi connectivity index (χ0) is 12.1. The predicted octanol–water partition coefficient (Wildman–Crippen LogP) is 4.04. The monoisotopic (exact) mass is 304 g/mol. The number of halogens is 2. The zero-order valence-corrected chi connectivity index (χ0v) is 12.0. The van der Waals surface area contributed by atoms with Crippen molar-refractivity contribution in [1.82, 2.24) is 5.43 Å². The molecule has 0 aliphatic rings. The molecule has 4 heteroatoms. The summed E-state index contributed by atoms with van der Waals surface area (Å²) in [6.45, 7) is 4.40. The molecule has 1 rings (SSSR count). The van der Waals surface area contributed by atoms with Gasteiger partial charge in [0.2, 0.25) is 0 Å². The molecule has 1 aromatic carbocycles. The lowest BCUT2D eigenvalue weighted by molar-refractivity contribution is 0.408.